The molecule has 92 valence electrons. The van der Waals surface area contributed by atoms with Crippen LogP contribution in [0.2, 0.25) is 0 Å². The Hall–Kier alpha value is -0.860. The molecule has 1 aromatic rings. The smallest absolute Gasteiger partial charge is 0.0233 e. The highest BCUT2D eigenvalue weighted by atomic mass is 15.1. The molecule has 0 amide bonds. The molecule has 2 saturated heterocycles. The van der Waals surface area contributed by atoms with Crippen LogP contribution in [-0.2, 0) is 6.54 Å². The highest BCUT2D eigenvalue weighted by Gasteiger charge is 2.32. The van der Waals surface area contributed by atoms with Crippen molar-refractivity contribution >= 4 is 0 Å². The van der Waals surface area contributed by atoms with Crippen molar-refractivity contribution in [3.05, 3.63) is 35.4 Å². The van der Waals surface area contributed by atoms with Crippen molar-refractivity contribution in [3.8, 4) is 0 Å². The van der Waals surface area contributed by atoms with Crippen LogP contribution in [0.3, 0.4) is 0 Å². The van der Waals surface area contributed by atoms with E-state index in [-0.39, 0.29) is 0 Å². The summed E-state index contributed by atoms with van der Waals surface area (Å²) in [6.45, 7) is 8.35. The van der Waals surface area contributed by atoms with Crippen LogP contribution in [0.25, 0.3) is 0 Å². The summed E-state index contributed by atoms with van der Waals surface area (Å²) in [6.07, 6.45) is 1.38. The number of nitrogens with one attached hydrogen (secondary N) is 1. The molecule has 2 aliphatic rings. The minimum Gasteiger partial charge on any atom is -0.316 e. The van der Waals surface area contributed by atoms with Gasteiger partial charge in [0, 0.05) is 13.1 Å². The second-order valence-corrected chi connectivity index (χ2v) is 5.69. The molecule has 2 heteroatoms. The molecule has 2 nitrogen and oxygen atoms in total. The van der Waals surface area contributed by atoms with E-state index in [0.29, 0.717) is 0 Å². The van der Waals surface area contributed by atoms with E-state index in [4.69, 9.17) is 0 Å². The summed E-state index contributed by atoms with van der Waals surface area (Å²) in [5, 5.41) is 3.53. The molecule has 0 aromatic heterocycles. The van der Waals surface area contributed by atoms with Gasteiger partial charge in [-0.2, -0.15) is 0 Å². The highest BCUT2D eigenvalue weighted by molar-refractivity contribution is 5.22. The lowest BCUT2D eigenvalue weighted by molar-refractivity contribution is 0.142. The Bertz CT molecular complexity index is 388. The van der Waals surface area contributed by atoms with Crippen molar-refractivity contribution in [2.45, 2.75) is 19.9 Å². The van der Waals surface area contributed by atoms with Crippen LogP contribution in [0.4, 0.5) is 0 Å². The number of benzene rings is 1. The largest absolute Gasteiger partial charge is 0.316 e. The number of piperidine rings is 1. The number of likely N-dealkylation sites (tertiary alicyclic amines) is 1. The first-order chi connectivity index (χ1) is 8.31. The van der Waals surface area contributed by atoms with Crippen molar-refractivity contribution in [2.75, 3.05) is 26.2 Å². The number of nitrogens with zero attached hydrogens (tertiary/aromatic N) is 1. The minimum absolute atomic E-state index is 0.897. The number of aryl methyl sites for hydroxylation is 1. The number of hydrogen-bond donors (Lipinski definition) is 1. The molecule has 2 heterocycles. The number of hydrogen-bond acceptors (Lipinski definition) is 2. The SMILES string of the molecule is Cc1cccc(CN2CCC3CNCC3C2)c1. The summed E-state index contributed by atoms with van der Waals surface area (Å²) in [5.74, 6) is 1.84. The van der Waals surface area contributed by atoms with Gasteiger partial charge in [-0.1, -0.05) is 29.8 Å². The van der Waals surface area contributed by atoms with Gasteiger partial charge in [-0.05, 0) is 50.4 Å². The lowest BCUT2D eigenvalue weighted by Crippen LogP contribution is -2.39. The summed E-state index contributed by atoms with van der Waals surface area (Å²) in [6, 6.07) is 8.93. The van der Waals surface area contributed by atoms with E-state index in [1.807, 2.05) is 0 Å². The van der Waals surface area contributed by atoms with Gasteiger partial charge in [0.25, 0.3) is 0 Å². The van der Waals surface area contributed by atoms with Crippen molar-refractivity contribution in [2.24, 2.45) is 11.8 Å². The molecule has 1 aromatic carbocycles. The first kappa shape index (κ1) is 11.2. The predicted octanol–water partition coefficient (Wildman–Crippen LogP) is 2.04. The second-order valence-electron chi connectivity index (χ2n) is 5.69. The maximum absolute atomic E-state index is 3.53. The Morgan fingerprint density at radius 3 is 3.06 bits per heavy atom. The molecular weight excluding hydrogens is 208 g/mol. The zero-order valence-electron chi connectivity index (χ0n) is 10.7. The molecule has 2 atom stereocenters. The van der Waals surface area contributed by atoms with Crippen molar-refractivity contribution in [3.63, 3.8) is 0 Å². The van der Waals surface area contributed by atoms with Crippen LogP contribution < -0.4 is 5.32 Å². The van der Waals surface area contributed by atoms with Crippen molar-refractivity contribution in [1.82, 2.24) is 10.2 Å². The van der Waals surface area contributed by atoms with Gasteiger partial charge in [-0.25, -0.2) is 0 Å². The second kappa shape index (κ2) is 4.79. The van der Waals surface area contributed by atoms with E-state index < -0.39 is 0 Å². The quantitative estimate of drug-likeness (QED) is 0.836. The van der Waals surface area contributed by atoms with Gasteiger partial charge in [0.1, 0.15) is 0 Å². The number of fused-ring (bicyclic) bond motifs is 1. The Balaban J connectivity index is 1.62. The Labute approximate surface area is 104 Å². The molecule has 0 aliphatic carbocycles. The topological polar surface area (TPSA) is 15.3 Å². The van der Waals surface area contributed by atoms with Gasteiger partial charge in [0.15, 0.2) is 0 Å². The third kappa shape index (κ3) is 2.53. The maximum atomic E-state index is 3.53. The minimum atomic E-state index is 0.897. The van der Waals surface area contributed by atoms with Crippen molar-refractivity contribution < 1.29 is 0 Å². The number of rotatable bonds is 2. The molecule has 0 saturated carbocycles. The lowest BCUT2D eigenvalue weighted by atomic mass is 9.88. The van der Waals surface area contributed by atoms with Gasteiger partial charge in [-0.3, -0.25) is 4.90 Å². The summed E-state index contributed by atoms with van der Waals surface area (Å²) in [4.78, 5) is 2.63. The van der Waals surface area contributed by atoms with E-state index in [0.717, 1.165) is 18.4 Å². The van der Waals surface area contributed by atoms with Gasteiger partial charge < -0.3 is 5.32 Å². The van der Waals surface area contributed by atoms with Gasteiger partial charge >= 0.3 is 0 Å². The van der Waals surface area contributed by atoms with Gasteiger partial charge in [-0.15, -0.1) is 0 Å². The van der Waals surface area contributed by atoms with Crippen LogP contribution >= 0.6 is 0 Å². The standard InChI is InChI=1S/C15H22N2/c1-12-3-2-4-13(7-12)10-17-6-5-14-8-16-9-15(14)11-17/h2-4,7,14-16H,5-6,8-11H2,1H3. The van der Waals surface area contributed by atoms with E-state index in [1.165, 1.54) is 43.7 Å². The zero-order chi connectivity index (χ0) is 11.7. The molecule has 0 spiro atoms. The molecule has 17 heavy (non-hydrogen) atoms. The summed E-state index contributed by atoms with van der Waals surface area (Å²) < 4.78 is 0. The fraction of sp³-hybridized carbons (Fsp3) is 0.600. The summed E-state index contributed by atoms with van der Waals surface area (Å²) in [5.41, 5.74) is 2.84. The fourth-order valence-electron chi connectivity index (χ4n) is 3.32. The third-order valence-electron chi connectivity index (χ3n) is 4.28. The molecule has 3 rings (SSSR count). The van der Waals surface area contributed by atoms with Crippen molar-refractivity contribution in [1.29, 1.82) is 0 Å². The molecule has 0 radical (unpaired) electrons. The van der Waals surface area contributed by atoms with Crippen LogP contribution in [0.1, 0.15) is 17.5 Å². The molecule has 2 fully saturated rings. The summed E-state index contributed by atoms with van der Waals surface area (Å²) >= 11 is 0. The average molecular weight is 230 g/mol. The third-order valence-corrected chi connectivity index (χ3v) is 4.28. The van der Waals surface area contributed by atoms with Gasteiger partial charge in [0.2, 0.25) is 0 Å². The molecular formula is C15H22N2. The Morgan fingerprint density at radius 2 is 2.18 bits per heavy atom. The van der Waals surface area contributed by atoms with Crippen LogP contribution in [-0.4, -0.2) is 31.1 Å². The highest BCUT2D eigenvalue weighted by Crippen LogP contribution is 2.27. The van der Waals surface area contributed by atoms with Crippen LogP contribution in [0.15, 0.2) is 24.3 Å². The van der Waals surface area contributed by atoms with E-state index >= 15 is 0 Å². The zero-order valence-corrected chi connectivity index (χ0v) is 10.7. The first-order valence-corrected chi connectivity index (χ1v) is 6.80. The molecule has 1 N–H and O–H groups in total. The van der Waals surface area contributed by atoms with E-state index in [2.05, 4.69) is 41.4 Å². The molecule has 2 unspecified atom stereocenters. The van der Waals surface area contributed by atoms with Gasteiger partial charge in [0.05, 0.1) is 0 Å². The predicted molar refractivity (Wildman–Crippen MR) is 70.9 cm³/mol. The molecule has 2 aliphatic heterocycles. The van der Waals surface area contributed by atoms with E-state index in [1.54, 1.807) is 0 Å². The first-order valence-electron chi connectivity index (χ1n) is 6.80. The Morgan fingerprint density at radius 1 is 1.29 bits per heavy atom. The van der Waals surface area contributed by atoms with Crippen LogP contribution in [0.5, 0.6) is 0 Å². The monoisotopic (exact) mass is 230 g/mol. The van der Waals surface area contributed by atoms with E-state index in [9.17, 15) is 0 Å². The van der Waals surface area contributed by atoms with Crippen LogP contribution in [0, 0.1) is 18.8 Å². The summed E-state index contributed by atoms with van der Waals surface area (Å²) in [7, 11) is 0. The molecule has 0 bridgehead atoms. The maximum Gasteiger partial charge on any atom is 0.0233 e. The fourth-order valence-corrected chi connectivity index (χ4v) is 3.32. The lowest BCUT2D eigenvalue weighted by Gasteiger charge is -2.34. The average Bonchev–Trinajstić information content (AvgIpc) is 2.76. The normalized spacial score (nSPS) is 29.2. The Kier molecular flexibility index (Phi) is 3.17.